The maximum absolute atomic E-state index is 6.10. The van der Waals surface area contributed by atoms with Crippen molar-refractivity contribution in [3.8, 4) is 0 Å². The molecule has 1 aliphatic rings. The molecule has 1 fully saturated rings. The summed E-state index contributed by atoms with van der Waals surface area (Å²) in [4.78, 5) is 6.66. The molecule has 0 aromatic carbocycles. The number of piperidine rings is 1. The SMILES string of the molecule is CC1CCN(c2n[nH]c(Cn3cccn3)n2)CC1N. The fourth-order valence-electron chi connectivity index (χ4n) is 2.33. The zero-order chi connectivity index (χ0) is 13.2. The van der Waals surface area contributed by atoms with Crippen LogP contribution in [0.2, 0.25) is 0 Å². The van der Waals surface area contributed by atoms with Gasteiger partial charge in [0.05, 0.1) is 0 Å². The molecule has 1 aliphatic heterocycles. The van der Waals surface area contributed by atoms with Crippen LogP contribution in [0.1, 0.15) is 19.2 Å². The molecule has 2 aromatic rings. The van der Waals surface area contributed by atoms with Crippen LogP contribution in [0.15, 0.2) is 18.5 Å². The lowest BCUT2D eigenvalue weighted by Gasteiger charge is -2.34. The summed E-state index contributed by atoms with van der Waals surface area (Å²) in [6.45, 7) is 4.59. The molecule has 0 radical (unpaired) electrons. The van der Waals surface area contributed by atoms with Gasteiger partial charge in [-0.05, 0) is 18.4 Å². The first-order chi connectivity index (χ1) is 9.22. The summed E-state index contributed by atoms with van der Waals surface area (Å²) in [6.07, 6.45) is 4.74. The second-order valence-corrected chi connectivity index (χ2v) is 5.16. The van der Waals surface area contributed by atoms with E-state index in [1.165, 1.54) is 0 Å². The Hall–Kier alpha value is -1.89. The summed E-state index contributed by atoms with van der Waals surface area (Å²) >= 11 is 0. The lowest BCUT2D eigenvalue weighted by molar-refractivity contribution is 0.376. The lowest BCUT2D eigenvalue weighted by Crippen LogP contribution is -2.48. The Kier molecular flexibility index (Phi) is 3.20. The zero-order valence-electron chi connectivity index (χ0n) is 11.0. The van der Waals surface area contributed by atoms with Gasteiger partial charge in [-0.25, -0.2) is 0 Å². The fraction of sp³-hybridized carbons (Fsp3) is 0.583. The van der Waals surface area contributed by atoms with E-state index in [1.54, 1.807) is 6.20 Å². The van der Waals surface area contributed by atoms with Crippen LogP contribution in [0.3, 0.4) is 0 Å². The highest BCUT2D eigenvalue weighted by Gasteiger charge is 2.25. The van der Waals surface area contributed by atoms with Crippen molar-refractivity contribution in [2.45, 2.75) is 25.9 Å². The van der Waals surface area contributed by atoms with E-state index in [0.717, 1.165) is 31.3 Å². The van der Waals surface area contributed by atoms with Crippen molar-refractivity contribution in [3.63, 3.8) is 0 Å². The molecule has 1 saturated heterocycles. The molecule has 3 N–H and O–H groups in total. The Labute approximate surface area is 111 Å². The predicted molar refractivity (Wildman–Crippen MR) is 71.7 cm³/mol. The van der Waals surface area contributed by atoms with E-state index in [9.17, 15) is 0 Å². The van der Waals surface area contributed by atoms with Crippen LogP contribution in [-0.4, -0.2) is 44.1 Å². The highest BCUT2D eigenvalue weighted by molar-refractivity contribution is 5.30. The van der Waals surface area contributed by atoms with Crippen molar-refractivity contribution in [1.82, 2.24) is 25.0 Å². The number of nitrogens with two attached hydrogens (primary N) is 1. The molecule has 3 rings (SSSR count). The highest BCUT2D eigenvalue weighted by Crippen LogP contribution is 2.19. The van der Waals surface area contributed by atoms with Crippen LogP contribution in [0.4, 0.5) is 5.95 Å². The average Bonchev–Trinajstić information content (AvgIpc) is 3.05. The van der Waals surface area contributed by atoms with Gasteiger partial charge in [-0.3, -0.25) is 9.78 Å². The minimum Gasteiger partial charge on any atom is -0.338 e. The topological polar surface area (TPSA) is 88.7 Å². The molecule has 0 saturated carbocycles. The van der Waals surface area contributed by atoms with Crippen LogP contribution >= 0.6 is 0 Å². The minimum atomic E-state index is 0.196. The van der Waals surface area contributed by atoms with Crippen LogP contribution in [0, 0.1) is 5.92 Å². The number of hydrogen-bond donors (Lipinski definition) is 2. The molecule has 102 valence electrons. The van der Waals surface area contributed by atoms with Gasteiger partial charge in [0.2, 0.25) is 5.95 Å². The second kappa shape index (κ2) is 5.00. The van der Waals surface area contributed by atoms with Gasteiger partial charge in [-0.1, -0.05) is 6.92 Å². The van der Waals surface area contributed by atoms with Gasteiger partial charge in [0.15, 0.2) is 0 Å². The Morgan fingerprint density at radius 2 is 2.42 bits per heavy atom. The van der Waals surface area contributed by atoms with E-state index in [4.69, 9.17) is 5.73 Å². The van der Waals surface area contributed by atoms with Crippen molar-refractivity contribution >= 4 is 5.95 Å². The molecule has 7 heteroatoms. The van der Waals surface area contributed by atoms with E-state index in [0.29, 0.717) is 12.5 Å². The summed E-state index contributed by atoms with van der Waals surface area (Å²) in [5, 5.41) is 11.4. The van der Waals surface area contributed by atoms with Crippen LogP contribution in [0.25, 0.3) is 0 Å². The van der Waals surface area contributed by atoms with E-state index >= 15 is 0 Å². The highest BCUT2D eigenvalue weighted by atomic mass is 15.4. The van der Waals surface area contributed by atoms with Crippen molar-refractivity contribution in [3.05, 3.63) is 24.3 Å². The third kappa shape index (κ3) is 2.60. The first-order valence-electron chi connectivity index (χ1n) is 6.61. The molecule has 0 bridgehead atoms. The third-order valence-electron chi connectivity index (χ3n) is 3.69. The molecule has 0 spiro atoms. The van der Waals surface area contributed by atoms with Gasteiger partial charge in [0.25, 0.3) is 0 Å². The Bertz CT molecular complexity index is 518. The summed E-state index contributed by atoms with van der Waals surface area (Å²) in [5.74, 6) is 2.12. The summed E-state index contributed by atoms with van der Waals surface area (Å²) < 4.78 is 1.81. The van der Waals surface area contributed by atoms with Gasteiger partial charge in [-0.2, -0.15) is 10.1 Å². The molecule has 7 nitrogen and oxygen atoms in total. The van der Waals surface area contributed by atoms with Gasteiger partial charge < -0.3 is 10.6 Å². The number of aromatic amines is 1. The van der Waals surface area contributed by atoms with Gasteiger partial charge >= 0.3 is 0 Å². The molecular weight excluding hydrogens is 242 g/mol. The van der Waals surface area contributed by atoms with Crippen molar-refractivity contribution < 1.29 is 0 Å². The number of H-pyrrole nitrogens is 1. The van der Waals surface area contributed by atoms with Crippen LogP contribution in [0.5, 0.6) is 0 Å². The third-order valence-corrected chi connectivity index (χ3v) is 3.69. The smallest absolute Gasteiger partial charge is 0.244 e. The van der Waals surface area contributed by atoms with Gasteiger partial charge in [0.1, 0.15) is 12.4 Å². The van der Waals surface area contributed by atoms with E-state index < -0.39 is 0 Å². The molecule has 2 aromatic heterocycles. The quantitative estimate of drug-likeness (QED) is 0.825. The number of nitrogens with one attached hydrogen (secondary N) is 1. The van der Waals surface area contributed by atoms with E-state index in [-0.39, 0.29) is 6.04 Å². The minimum absolute atomic E-state index is 0.196. The second-order valence-electron chi connectivity index (χ2n) is 5.16. The van der Waals surface area contributed by atoms with Crippen LogP contribution in [-0.2, 0) is 6.54 Å². The monoisotopic (exact) mass is 261 g/mol. The summed E-state index contributed by atoms with van der Waals surface area (Å²) in [7, 11) is 0. The summed E-state index contributed by atoms with van der Waals surface area (Å²) in [5.41, 5.74) is 6.10. The molecule has 3 heterocycles. The van der Waals surface area contributed by atoms with Gasteiger partial charge in [-0.15, -0.1) is 5.10 Å². The van der Waals surface area contributed by atoms with Crippen molar-refractivity contribution in [2.75, 3.05) is 18.0 Å². The Balaban J connectivity index is 1.67. The fourth-order valence-corrected chi connectivity index (χ4v) is 2.33. The Morgan fingerprint density at radius 3 is 3.16 bits per heavy atom. The van der Waals surface area contributed by atoms with Crippen molar-refractivity contribution in [1.29, 1.82) is 0 Å². The van der Waals surface area contributed by atoms with Crippen LogP contribution < -0.4 is 10.6 Å². The lowest BCUT2D eigenvalue weighted by atomic mass is 9.95. The normalized spacial score (nSPS) is 23.8. The number of aromatic nitrogens is 5. The number of anilines is 1. The van der Waals surface area contributed by atoms with Crippen molar-refractivity contribution in [2.24, 2.45) is 11.7 Å². The Morgan fingerprint density at radius 1 is 1.53 bits per heavy atom. The predicted octanol–water partition coefficient (Wildman–Crippen LogP) is 0.223. The zero-order valence-corrected chi connectivity index (χ0v) is 11.0. The number of nitrogens with zero attached hydrogens (tertiary/aromatic N) is 5. The van der Waals surface area contributed by atoms with E-state index in [1.807, 2.05) is 16.9 Å². The standard InChI is InChI=1S/C12H19N7/c1-9-3-6-18(7-10(9)13)12-15-11(16-17-12)8-19-5-2-4-14-19/h2,4-5,9-10H,3,6-8,13H2,1H3,(H,15,16,17). The van der Waals surface area contributed by atoms with E-state index in [2.05, 4.69) is 32.1 Å². The summed E-state index contributed by atoms with van der Waals surface area (Å²) in [6, 6.07) is 2.09. The maximum Gasteiger partial charge on any atom is 0.244 e. The first-order valence-corrected chi connectivity index (χ1v) is 6.61. The molecule has 2 unspecified atom stereocenters. The molecular formula is C12H19N7. The van der Waals surface area contributed by atoms with Gasteiger partial charge in [0, 0.05) is 31.5 Å². The molecule has 0 amide bonds. The number of hydrogen-bond acceptors (Lipinski definition) is 5. The largest absolute Gasteiger partial charge is 0.338 e. The maximum atomic E-state index is 6.10. The molecule has 0 aliphatic carbocycles. The average molecular weight is 261 g/mol. The molecule has 19 heavy (non-hydrogen) atoms. The first kappa shape index (κ1) is 12.2. The number of rotatable bonds is 3. The molecule has 2 atom stereocenters.